The zero-order chi connectivity index (χ0) is 24.6. The Kier molecular flexibility index (Phi) is 26.6. The molecule has 5 N–H and O–H groups in total. The van der Waals surface area contributed by atoms with E-state index < -0.39 is 12.0 Å². The minimum Gasteiger partial charge on any atom is -0.464 e. The number of rotatable bonds is 23. The van der Waals surface area contributed by atoms with Gasteiger partial charge in [-0.2, -0.15) is 0 Å². The van der Waals surface area contributed by atoms with Crippen molar-refractivity contribution in [3.8, 4) is 0 Å². The second kappa shape index (κ2) is 26.1. The van der Waals surface area contributed by atoms with Gasteiger partial charge in [0.1, 0.15) is 6.04 Å². The number of carbonyl (C=O) groups excluding carboxylic acids is 2. The van der Waals surface area contributed by atoms with Crippen molar-refractivity contribution in [3.63, 3.8) is 0 Å². The van der Waals surface area contributed by atoms with Crippen LogP contribution in [0.5, 0.6) is 0 Å². The monoisotopic (exact) mass is 504 g/mol. The van der Waals surface area contributed by atoms with Gasteiger partial charge >= 0.3 is 5.97 Å². The Morgan fingerprint density at radius 2 is 1.26 bits per heavy atom. The number of esters is 1. The summed E-state index contributed by atoms with van der Waals surface area (Å²) < 4.78 is 5.07. The molecule has 1 atom stereocenters. The summed E-state index contributed by atoms with van der Waals surface area (Å²) in [6.45, 7) is 4.79. The molecule has 0 aromatic rings. The molecule has 0 rings (SSSR count). The first-order valence-electron chi connectivity index (χ1n) is 13.5. The molecule has 0 aromatic carbocycles. The maximum Gasteiger partial charge on any atom is 0.328 e. The van der Waals surface area contributed by atoms with E-state index in [1.165, 1.54) is 83.5 Å². The van der Waals surface area contributed by atoms with Crippen LogP contribution >= 0.6 is 12.4 Å². The summed E-state index contributed by atoms with van der Waals surface area (Å²) in [4.78, 5) is 24.3. The number of nitrogens with two attached hydrogens (primary N) is 1. The third kappa shape index (κ3) is 23.7. The molecule has 0 saturated carbocycles. The van der Waals surface area contributed by atoms with E-state index in [-0.39, 0.29) is 30.9 Å². The van der Waals surface area contributed by atoms with Crippen molar-refractivity contribution >= 4 is 30.2 Å². The third-order valence-electron chi connectivity index (χ3n) is 5.90. The Morgan fingerprint density at radius 1 is 0.794 bits per heavy atom. The SMILES string of the molecule is CCCCCCCCCCCCCCCCCC(=O)N[C@@H](CCCNC(=N)N)C(=O)OCC.Cl. The number of amides is 1. The zero-order valence-corrected chi connectivity index (χ0v) is 22.7. The van der Waals surface area contributed by atoms with Crippen LogP contribution in [0, 0.1) is 5.41 Å². The summed E-state index contributed by atoms with van der Waals surface area (Å²) in [6.07, 6.45) is 20.9. The van der Waals surface area contributed by atoms with E-state index in [0.717, 1.165) is 12.8 Å². The summed E-state index contributed by atoms with van der Waals surface area (Å²) in [5.74, 6) is -0.590. The van der Waals surface area contributed by atoms with Gasteiger partial charge in [-0.15, -0.1) is 12.4 Å². The van der Waals surface area contributed by atoms with Gasteiger partial charge in [0.25, 0.3) is 0 Å². The van der Waals surface area contributed by atoms with Crippen molar-refractivity contribution in [2.75, 3.05) is 13.2 Å². The number of ether oxygens (including phenoxy) is 1. The van der Waals surface area contributed by atoms with Crippen LogP contribution < -0.4 is 16.4 Å². The predicted octanol–water partition coefficient (Wildman–Crippen LogP) is 5.98. The second-order valence-corrected chi connectivity index (χ2v) is 9.05. The smallest absolute Gasteiger partial charge is 0.328 e. The fraction of sp³-hybridized carbons (Fsp3) is 0.885. The number of halogens is 1. The number of guanidine groups is 1. The lowest BCUT2D eigenvalue weighted by atomic mass is 10.0. The highest BCUT2D eigenvalue weighted by atomic mass is 35.5. The summed E-state index contributed by atoms with van der Waals surface area (Å²) >= 11 is 0. The Bertz CT molecular complexity index is 506. The minimum atomic E-state index is -0.637. The van der Waals surface area contributed by atoms with E-state index >= 15 is 0 Å². The van der Waals surface area contributed by atoms with Crippen LogP contribution in [0.4, 0.5) is 0 Å². The lowest BCUT2D eigenvalue weighted by molar-refractivity contribution is -0.147. The molecular formula is C26H53ClN4O3. The molecule has 0 bridgehead atoms. The van der Waals surface area contributed by atoms with Gasteiger partial charge < -0.3 is 21.1 Å². The zero-order valence-electron chi connectivity index (χ0n) is 21.9. The molecule has 8 heteroatoms. The van der Waals surface area contributed by atoms with E-state index in [9.17, 15) is 9.59 Å². The predicted molar refractivity (Wildman–Crippen MR) is 145 cm³/mol. The molecule has 0 aliphatic rings. The molecule has 0 fully saturated rings. The first-order valence-corrected chi connectivity index (χ1v) is 13.5. The molecule has 0 spiro atoms. The average Bonchev–Trinajstić information content (AvgIpc) is 2.78. The van der Waals surface area contributed by atoms with Gasteiger partial charge in [0.2, 0.25) is 5.91 Å². The summed E-state index contributed by atoms with van der Waals surface area (Å²) in [5, 5.41) is 12.7. The molecule has 202 valence electrons. The van der Waals surface area contributed by atoms with Crippen LogP contribution in [0.2, 0.25) is 0 Å². The molecule has 7 nitrogen and oxygen atoms in total. The second-order valence-electron chi connectivity index (χ2n) is 9.05. The van der Waals surface area contributed by atoms with Crippen LogP contribution in [0.15, 0.2) is 0 Å². The van der Waals surface area contributed by atoms with E-state index in [1.54, 1.807) is 6.92 Å². The van der Waals surface area contributed by atoms with Crippen LogP contribution in [0.25, 0.3) is 0 Å². The van der Waals surface area contributed by atoms with Gasteiger partial charge in [-0.25, -0.2) is 4.79 Å². The maximum atomic E-state index is 12.2. The van der Waals surface area contributed by atoms with Crippen molar-refractivity contribution in [1.82, 2.24) is 10.6 Å². The number of hydrogen-bond acceptors (Lipinski definition) is 4. The van der Waals surface area contributed by atoms with Gasteiger partial charge in [0.05, 0.1) is 6.61 Å². The normalized spacial score (nSPS) is 11.4. The van der Waals surface area contributed by atoms with Crippen LogP contribution in [0.1, 0.15) is 129 Å². The molecule has 0 heterocycles. The van der Waals surface area contributed by atoms with E-state index in [2.05, 4.69) is 17.6 Å². The fourth-order valence-corrected chi connectivity index (χ4v) is 3.94. The van der Waals surface area contributed by atoms with Crippen LogP contribution in [-0.2, 0) is 14.3 Å². The first-order chi connectivity index (χ1) is 16.0. The highest BCUT2D eigenvalue weighted by molar-refractivity contribution is 5.85. The van der Waals surface area contributed by atoms with Gasteiger partial charge in [-0.3, -0.25) is 10.2 Å². The highest BCUT2D eigenvalue weighted by Crippen LogP contribution is 2.13. The Balaban J connectivity index is 0. The van der Waals surface area contributed by atoms with Crippen LogP contribution in [-0.4, -0.2) is 37.0 Å². The van der Waals surface area contributed by atoms with Gasteiger partial charge in [-0.1, -0.05) is 96.8 Å². The number of hydrogen-bond donors (Lipinski definition) is 4. The summed E-state index contributed by atoms with van der Waals surface area (Å²) in [5.41, 5.74) is 5.26. The van der Waals surface area contributed by atoms with Gasteiger partial charge in [0, 0.05) is 13.0 Å². The Hall–Kier alpha value is -1.50. The molecule has 0 aliphatic heterocycles. The highest BCUT2D eigenvalue weighted by Gasteiger charge is 2.21. The minimum absolute atomic E-state index is 0. The van der Waals surface area contributed by atoms with Crippen molar-refractivity contribution in [3.05, 3.63) is 0 Å². The molecule has 0 saturated heterocycles. The molecular weight excluding hydrogens is 452 g/mol. The van der Waals surface area contributed by atoms with Gasteiger partial charge in [0.15, 0.2) is 5.96 Å². The first kappa shape index (κ1) is 34.7. The number of unbranched alkanes of at least 4 members (excludes halogenated alkanes) is 14. The number of nitrogens with one attached hydrogen (secondary N) is 3. The molecule has 0 radical (unpaired) electrons. The van der Waals surface area contributed by atoms with E-state index in [1.807, 2.05) is 0 Å². The summed E-state index contributed by atoms with van der Waals surface area (Å²) in [6, 6.07) is -0.637. The summed E-state index contributed by atoms with van der Waals surface area (Å²) in [7, 11) is 0. The molecule has 0 aliphatic carbocycles. The van der Waals surface area contributed by atoms with Crippen molar-refractivity contribution in [2.24, 2.45) is 5.73 Å². The van der Waals surface area contributed by atoms with Gasteiger partial charge in [-0.05, 0) is 26.2 Å². The molecule has 0 aromatic heterocycles. The molecule has 34 heavy (non-hydrogen) atoms. The lowest BCUT2D eigenvalue weighted by Crippen LogP contribution is -2.42. The largest absolute Gasteiger partial charge is 0.464 e. The van der Waals surface area contributed by atoms with Crippen LogP contribution in [0.3, 0.4) is 0 Å². The van der Waals surface area contributed by atoms with Crippen molar-refractivity contribution < 1.29 is 14.3 Å². The third-order valence-corrected chi connectivity index (χ3v) is 5.90. The lowest BCUT2D eigenvalue weighted by Gasteiger charge is -2.17. The standard InChI is InChI=1S/C26H52N4O3.ClH/c1-3-5-6-7-8-9-10-11-12-13-14-15-16-17-18-21-24(31)30-23(25(32)33-4-2)20-19-22-29-26(27)28;/h23H,3-22H2,1-2H3,(H,30,31)(H4,27,28,29);1H/t23-;/m0./s1. The van der Waals surface area contributed by atoms with E-state index in [0.29, 0.717) is 25.8 Å². The fourth-order valence-electron chi connectivity index (χ4n) is 3.94. The topological polar surface area (TPSA) is 117 Å². The molecule has 1 amide bonds. The molecule has 0 unspecified atom stereocenters. The Labute approximate surface area is 215 Å². The average molecular weight is 505 g/mol. The Morgan fingerprint density at radius 3 is 1.71 bits per heavy atom. The maximum absolute atomic E-state index is 12.2. The quantitative estimate of drug-likeness (QED) is 0.0590. The van der Waals surface area contributed by atoms with E-state index in [4.69, 9.17) is 15.9 Å². The van der Waals surface area contributed by atoms with Crippen molar-refractivity contribution in [1.29, 1.82) is 5.41 Å². The number of carbonyl (C=O) groups is 2. The van der Waals surface area contributed by atoms with Crippen molar-refractivity contribution in [2.45, 2.75) is 135 Å².